The molecule has 1 aromatic carbocycles. The van der Waals surface area contributed by atoms with Gasteiger partial charge in [0.05, 0.1) is 0 Å². The van der Waals surface area contributed by atoms with Crippen LogP contribution < -0.4 is 0 Å². The molecule has 0 aliphatic heterocycles. The van der Waals surface area contributed by atoms with Crippen LogP contribution in [-0.2, 0) is 13.0 Å². The highest BCUT2D eigenvalue weighted by Gasteiger charge is 2.16. The molecule has 0 aliphatic carbocycles. The molecule has 0 atom stereocenters. The van der Waals surface area contributed by atoms with Gasteiger partial charge in [0.25, 0.3) is 0 Å². The van der Waals surface area contributed by atoms with E-state index in [4.69, 9.17) is 11.6 Å². The smallest absolute Gasteiger partial charge is 0.0484 e. The fraction of sp³-hybridized carbons (Fsp3) is 0.467. The fourth-order valence-electron chi connectivity index (χ4n) is 2.32. The molecule has 2 heteroatoms. The molecule has 92 valence electrons. The Bertz CT molecular complexity index is 532. The summed E-state index contributed by atoms with van der Waals surface area (Å²) in [6, 6.07) is 6.17. The maximum atomic E-state index is 6.11. The number of rotatable bonds is 2. The van der Waals surface area contributed by atoms with E-state index in [1.54, 1.807) is 0 Å². The zero-order valence-corrected chi connectivity index (χ0v) is 11.8. The number of benzene rings is 1. The number of nitrogens with zero attached hydrogens (tertiary/aromatic N) is 1. The van der Waals surface area contributed by atoms with Crippen molar-refractivity contribution in [3.8, 4) is 0 Å². The summed E-state index contributed by atoms with van der Waals surface area (Å²) in [5.74, 6) is 0. The molecule has 0 N–H and O–H groups in total. The molecule has 0 bridgehead atoms. The topological polar surface area (TPSA) is 4.93 Å². The molecule has 2 rings (SSSR count). The van der Waals surface area contributed by atoms with E-state index in [-0.39, 0.29) is 0 Å². The lowest BCUT2D eigenvalue weighted by molar-refractivity contribution is 0.412. The van der Waals surface area contributed by atoms with E-state index in [0.29, 0.717) is 5.41 Å². The van der Waals surface area contributed by atoms with Crippen molar-refractivity contribution in [2.75, 3.05) is 0 Å². The van der Waals surface area contributed by atoms with Gasteiger partial charge in [-0.05, 0) is 42.5 Å². The van der Waals surface area contributed by atoms with E-state index in [2.05, 4.69) is 50.6 Å². The summed E-state index contributed by atoms with van der Waals surface area (Å²) in [7, 11) is 0. The molecule has 1 heterocycles. The summed E-state index contributed by atoms with van der Waals surface area (Å²) in [5, 5.41) is 2.12. The third-order valence-corrected chi connectivity index (χ3v) is 3.22. The fourth-order valence-corrected chi connectivity index (χ4v) is 2.49. The van der Waals surface area contributed by atoms with Crippen LogP contribution in [0.2, 0.25) is 5.02 Å². The minimum absolute atomic E-state index is 0.301. The first kappa shape index (κ1) is 12.5. The standard InChI is InChI=1S/C15H20ClN/c1-5-17-10-11(9-15(2,3)4)13-8-12(16)6-7-14(13)17/h6-8,10H,5,9H2,1-4H3. The summed E-state index contributed by atoms with van der Waals surface area (Å²) < 4.78 is 2.30. The predicted molar refractivity (Wildman–Crippen MR) is 75.8 cm³/mol. The third kappa shape index (κ3) is 2.66. The Hall–Kier alpha value is -0.950. The minimum atomic E-state index is 0.301. The summed E-state index contributed by atoms with van der Waals surface area (Å²) in [4.78, 5) is 0. The van der Waals surface area contributed by atoms with E-state index in [9.17, 15) is 0 Å². The molecule has 1 nitrogen and oxygen atoms in total. The van der Waals surface area contributed by atoms with E-state index in [1.165, 1.54) is 16.5 Å². The lowest BCUT2D eigenvalue weighted by atomic mass is 9.88. The lowest BCUT2D eigenvalue weighted by Crippen LogP contribution is -2.08. The Balaban J connectivity index is 2.58. The van der Waals surface area contributed by atoms with Crippen LogP contribution >= 0.6 is 11.6 Å². The first-order chi connectivity index (χ1) is 7.90. The average Bonchev–Trinajstić information content (AvgIpc) is 2.54. The Labute approximate surface area is 108 Å². The van der Waals surface area contributed by atoms with Crippen molar-refractivity contribution in [1.82, 2.24) is 4.57 Å². The van der Waals surface area contributed by atoms with Crippen LogP contribution in [0.15, 0.2) is 24.4 Å². The number of hydrogen-bond donors (Lipinski definition) is 0. The van der Waals surface area contributed by atoms with Gasteiger partial charge in [0, 0.05) is 28.7 Å². The highest BCUT2D eigenvalue weighted by atomic mass is 35.5. The molecule has 0 saturated heterocycles. The van der Waals surface area contributed by atoms with E-state index < -0.39 is 0 Å². The number of aryl methyl sites for hydroxylation is 1. The molecule has 0 unspecified atom stereocenters. The highest BCUT2D eigenvalue weighted by molar-refractivity contribution is 6.31. The maximum absolute atomic E-state index is 6.11. The molecule has 0 spiro atoms. The summed E-state index contributed by atoms with van der Waals surface area (Å²) in [6.45, 7) is 9.99. The number of hydrogen-bond acceptors (Lipinski definition) is 0. The highest BCUT2D eigenvalue weighted by Crippen LogP contribution is 2.30. The molecular weight excluding hydrogens is 230 g/mol. The van der Waals surface area contributed by atoms with Crippen LogP contribution in [0.3, 0.4) is 0 Å². The van der Waals surface area contributed by atoms with Gasteiger partial charge in [-0.1, -0.05) is 32.4 Å². The SMILES string of the molecule is CCn1cc(CC(C)(C)C)c2cc(Cl)ccc21. The van der Waals surface area contributed by atoms with E-state index >= 15 is 0 Å². The normalized spacial score (nSPS) is 12.3. The van der Waals surface area contributed by atoms with Gasteiger partial charge in [-0.2, -0.15) is 0 Å². The molecular formula is C15H20ClN. The first-order valence-corrected chi connectivity index (χ1v) is 6.56. The van der Waals surface area contributed by atoms with Gasteiger partial charge in [-0.15, -0.1) is 0 Å². The second-order valence-electron chi connectivity index (χ2n) is 5.84. The molecule has 1 aromatic heterocycles. The summed E-state index contributed by atoms with van der Waals surface area (Å²) in [6.07, 6.45) is 3.35. The van der Waals surface area contributed by atoms with Crippen molar-refractivity contribution in [1.29, 1.82) is 0 Å². The summed E-state index contributed by atoms with van der Waals surface area (Å²) in [5.41, 5.74) is 2.99. The molecule has 0 radical (unpaired) electrons. The van der Waals surface area contributed by atoms with Crippen molar-refractivity contribution >= 4 is 22.5 Å². The molecule has 0 amide bonds. The third-order valence-electron chi connectivity index (χ3n) is 2.99. The predicted octanol–water partition coefficient (Wildman–Crippen LogP) is 4.90. The average molecular weight is 250 g/mol. The van der Waals surface area contributed by atoms with E-state index in [1.807, 2.05) is 6.07 Å². The van der Waals surface area contributed by atoms with Gasteiger partial charge in [0.2, 0.25) is 0 Å². The Kier molecular flexibility index (Phi) is 3.22. The van der Waals surface area contributed by atoms with Crippen molar-refractivity contribution in [2.24, 2.45) is 5.41 Å². The zero-order chi connectivity index (χ0) is 12.6. The van der Waals surface area contributed by atoms with Gasteiger partial charge < -0.3 is 4.57 Å². The van der Waals surface area contributed by atoms with Gasteiger partial charge in [-0.25, -0.2) is 0 Å². The van der Waals surface area contributed by atoms with Gasteiger partial charge >= 0.3 is 0 Å². The van der Waals surface area contributed by atoms with E-state index in [0.717, 1.165) is 18.0 Å². The molecule has 0 aliphatic rings. The summed E-state index contributed by atoms with van der Waals surface area (Å²) >= 11 is 6.11. The van der Waals surface area contributed by atoms with Crippen molar-refractivity contribution in [2.45, 2.75) is 40.7 Å². The largest absolute Gasteiger partial charge is 0.347 e. The molecule has 0 saturated carbocycles. The maximum Gasteiger partial charge on any atom is 0.0484 e. The number of fused-ring (bicyclic) bond motifs is 1. The number of aromatic nitrogens is 1. The minimum Gasteiger partial charge on any atom is -0.347 e. The van der Waals surface area contributed by atoms with Crippen LogP contribution in [0.25, 0.3) is 10.9 Å². The Morgan fingerprint density at radius 3 is 2.53 bits per heavy atom. The van der Waals surface area contributed by atoms with Crippen LogP contribution in [0.4, 0.5) is 0 Å². The second kappa shape index (κ2) is 4.38. The lowest BCUT2D eigenvalue weighted by Gasteiger charge is -2.17. The van der Waals surface area contributed by atoms with Crippen LogP contribution in [0.5, 0.6) is 0 Å². The van der Waals surface area contributed by atoms with Gasteiger partial charge in [0.1, 0.15) is 0 Å². The Morgan fingerprint density at radius 1 is 1.24 bits per heavy atom. The van der Waals surface area contributed by atoms with Crippen LogP contribution in [-0.4, -0.2) is 4.57 Å². The quantitative estimate of drug-likeness (QED) is 0.713. The van der Waals surface area contributed by atoms with Gasteiger partial charge in [0.15, 0.2) is 0 Å². The van der Waals surface area contributed by atoms with Crippen LogP contribution in [0, 0.1) is 5.41 Å². The molecule has 0 fully saturated rings. The second-order valence-corrected chi connectivity index (χ2v) is 6.28. The van der Waals surface area contributed by atoms with Crippen molar-refractivity contribution in [3.63, 3.8) is 0 Å². The monoisotopic (exact) mass is 249 g/mol. The van der Waals surface area contributed by atoms with Crippen molar-refractivity contribution in [3.05, 3.63) is 35.0 Å². The molecule has 2 aromatic rings. The first-order valence-electron chi connectivity index (χ1n) is 6.18. The zero-order valence-electron chi connectivity index (χ0n) is 11.0. The molecule has 17 heavy (non-hydrogen) atoms. The van der Waals surface area contributed by atoms with Crippen LogP contribution in [0.1, 0.15) is 33.3 Å². The van der Waals surface area contributed by atoms with Crippen molar-refractivity contribution < 1.29 is 0 Å². The Morgan fingerprint density at radius 2 is 1.94 bits per heavy atom. The van der Waals surface area contributed by atoms with Gasteiger partial charge in [-0.3, -0.25) is 0 Å². The number of halogens is 1.